The van der Waals surface area contributed by atoms with Crippen molar-refractivity contribution < 1.29 is 0 Å². The third-order valence-electron chi connectivity index (χ3n) is 7.54. The molecule has 0 saturated heterocycles. The van der Waals surface area contributed by atoms with E-state index in [1.165, 1.54) is 75.8 Å². The molecule has 0 fully saturated rings. The fraction of sp³-hybridized carbons (Fsp3) is 0. The molecule has 0 N–H and O–H groups in total. The summed E-state index contributed by atoms with van der Waals surface area (Å²) in [6.07, 6.45) is 0. The standard InChI is InChI=1S/C34H20/c1-2-9-21(10-3-1)25-17-18-29-32-26-14-6-4-11-22(26)19-24-13-8-16-28(31(24)32)33-27-15-7-5-12-23(27)20-30(25)34(29)33/h1-20H. The van der Waals surface area contributed by atoms with E-state index in [0.717, 1.165) is 0 Å². The van der Waals surface area contributed by atoms with Crippen LogP contribution in [0.25, 0.3) is 75.8 Å². The van der Waals surface area contributed by atoms with Gasteiger partial charge >= 0.3 is 0 Å². The van der Waals surface area contributed by atoms with Gasteiger partial charge in [-0.1, -0.05) is 109 Å². The van der Waals surface area contributed by atoms with Crippen LogP contribution in [-0.2, 0) is 0 Å². The van der Waals surface area contributed by atoms with Crippen LogP contribution < -0.4 is 0 Å². The molecule has 8 rings (SSSR count). The predicted molar refractivity (Wildman–Crippen MR) is 148 cm³/mol. The maximum Gasteiger partial charge on any atom is -0.00134 e. The van der Waals surface area contributed by atoms with E-state index in [-0.39, 0.29) is 0 Å². The van der Waals surface area contributed by atoms with E-state index >= 15 is 0 Å². The average Bonchev–Trinajstić information content (AvgIpc) is 2.90. The lowest BCUT2D eigenvalue weighted by molar-refractivity contribution is 1.67. The van der Waals surface area contributed by atoms with E-state index < -0.39 is 0 Å². The Morgan fingerprint density at radius 2 is 0.853 bits per heavy atom. The van der Waals surface area contributed by atoms with Crippen LogP contribution in [0.4, 0.5) is 0 Å². The highest BCUT2D eigenvalue weighted by Gasteiger charge is 2.19. The van der Waals surface area contributed by atoms with E-state index in [1.807, 2.05) is 0 Å². The number of hydrogen-bond donors (Lipinski definition) is 0. The van der Waals surface area contributed by atoms with Crippen molar-refractivity contribution in [1.82, 2.24) is 0 Å². The van der Waals surface area contributed by atoms with Gasteiger partial charge in [0.05, 0.1) is 0 Å². The number of rotatable bonds is 1. The minimum Gasteiger partial charge on any atom is -0.0622 e. The van der Waals surface area contributed by atoms with Gasteiger partial charge in [0, 0.05) is 0 Å². The molecule has 0 heterocycles. The first-order chi connectivity index (χ1) is 16.9. The fourth-order valence-electron chi connectivity index (χ4n) is 6.15. The minimum absolute atomic E-state index is 1.26. The van der Waals surface area contributed by atoms with Crippen LogP contribution in [0.15, 0.2) is 121 Å². The Morgan fingerprint density at radius 1 is 0.294 bits per heavy atom. The average molecular weight is 429 g/mol. The van der Waals surface area contributed by atoms with Crippen molar-refractivity contribution in [3.05, 3.63) is 121 Å². The molecule has 0 spiro atoms. The van der Waals surface area contributed by atoms with E-state index in [0.29, 0.717) is 0 Å². The molecule has 0 aromatic heterocycles. The quantitative estimate of drug-likeness (QED) is 0.180. The highest BCUT2D eigenvalue weighted by atomic mass is 14.2. The maximum atomic E-state index is 2.40. The molecule has 0 amide bonds. The van der Waals surface area contributed by atoms with Crippen molar-refractivity contribution in [3.63, 3.8) is 0 Å². The molecule has 0 unspecified atom stereocenters. The van der Waals surface area contributed by atoms with Gasteiger partial charge in [0.1, 0.15) is 0 Å². The summed E-state index contributed by atoms with van der Waals surface area (Å²) in [5, 5.41) is 16.1. The molecule has 0 radical (unpaired) electrons. The Balaban J connectivity index is 1.76. The van der Waals surface area contributed by atoms with Crippen LogP contribution in [0.5, 0.6) is 0 Å². The van der Waals surface area contributed by atoms with Crippen molar-refractivity contribution in [2.24, 2.45) is 0 Å². The third kappa shape index (κ3) is 2.27. The van der Waals surface area contributed by atoms with Crippen LogP contribution >= 0.6 is 0 Å². The second kappa shape index (κ2) is 6.56. The largest absolute Gasteiger partial charge is 0.0622 e. The molecule has 0 atom stereocenters. The highest BCUT2D eigenvalue weighted by Crippen LogP contribution is 2.47. The summed E-state index contributed by atoms with van der Waals surface area (Å²) in [4.78, 5) is 0. The molecule has 0 aliphatic carbocycles. The van der Waals surface area contributed by atoms with Gasteiger partial charge in [-0.2, -0.15) is 0 Å². The van der Waals surface area contributed by atoms with Gasteiger partial charge in [0.25, 0.3) is 0 Å². The second-order valence-corrected chi connectivity index (χ2v) is 9.30. The molecule has 0 nitrogen and oxygen atoms in total. The van der Waals surface area contributed by atoms with Crippen molar-refractivity contribution in [2.75, 3.05) is 0 Å². The van der Waals surface area contributed by atoms with Crippen LogP contribution in [0.1, 0.15) is 0 Å². The molecule has 34 heavy (non-hydrogen) atoms. The highest BCUT2D eigenvalue weighted by molar-refractivity contribution is 6.42. The summed E-state index contributed by atoms with van der Waals surface area (Å²) in [7, 11) is 0. The molecule has 8 aromatic rings. The van der Waals surface area contributed by atoms with E-state index in [4.69, 9.17) is 0 Å². The zero-order chi connectivity index (χ0) is 22.2. The first kappa shape index (κ1) is 18.1. The summed E-state index contributed by atoms with van der Waals surface area (Å²) in [5.74, 6) is 0. The van der Waals surface area contributed by atoms with Crippen molar-refractivity contribution in [2.45, 2.75) is 0 Å². The Bertz CT molecular complexity index is 2050. The molecular formula is C34H20. The third-order valence-corrected chi connectivity index (χ3v) is 7.54. The lowest BCUT2D eigenvalue weighted by Gasteiger charge is -2.20. The van der Waals surface area contributed by atoms with Crippen LogP contribution in [0.2, 0.25) is 0 Å². The number of fused-ring (bicyclic) bond motifs is 6. The molecule has 156 valence electrons. The zero-order valence-electron chi connectivity index (χ0n) is 18.5. The van der Waals surface area contributed by atoms with Gasteiger partial charge < -0.3 is 0 Å². The molecule has 0 bridgehead atoms. The number of hydrogen-bond acceptors (Lipinski definition) is 0. The minimum atomic E-state index is 1.26. The van der Waals surface area contributed by atoms with Crippen molar-refractivity contribution >= 4 is 64.6 Å². The Hall–Kier alpha value is -4.42. The van der Waals surface area contributed by atoms with E-state index in [9.17, 15) is 0 Å². The topological polar surface area (TPSA) is 0 Å². The summed E-state index contributed by atoms with van der Waals surface area (Å²) in [6, 6.07) is 44.7. The van der Waals surface area contributed by atoms with E-state index in [1.54, 1.807) is 0 Å². The first-order valence-corrected chi connectivity index (χ1v) is 11.9. The second-order valence-electron chi connectivity index (χ2n) is 9.30. The fourth-order valence-corrected chi connectivity index (χ4v) is 6.15. The number of benzene rings is 8. The lowest BCUT2D eigenvalue weighted by Crippen LogP contribution is -1.91. The predicted octanol–water partition coefficient (Wildman–Crippen LogP) is 9.71. The zero-order valence-corrected chi connectivity index (χ0v) is 18.5. The summed E-state index contributed by atoms with van der Waals surface area (Å²) in [6.45, 7) is 0. The van der Waals surface area contributed by atoms with Crippen molar-refractivity contribution in [1.29, 1.82) is 0 Å². The monoisotopic (exact) mass is 428 g/mol. The van der Waals surface area contributed by atoms with Gasteiger partial charge in [-0.25, -0.2) is 0 Å². The van der Waals surface area contributed by atoms with Crippen LogP contribution in [0, 0.1) is 0 Å². The van der Waals surface area contributed by atoms with E-state index in [2.05, 4.69) is 121 Å². The molecule has 0 saturated carbocycles. The SMILES string of the molecule is c1ccc(-c2ccc3c4c2cc2ccccc2c4c2cccc4cc5ccccc5c3c42)cc1. The summed E-state index contributed by atoms with van der Waals surface area (Å²) in [5.41, 5.74) is 2.56. The van der Waals surface area contributed by atoms with Gasteiger partial charge in [0.15, 0.2) is 0 Å². The Morgan fingerprint density at radius 3 is 1.65 bits per heavy atom. The van der Waals surface area contributed by atoms with Crippen molar-refractivity contribution in [3.8, 4) is 11.1 Å². The summed E-state index contributed by atoms with van der Waals surface area (Å²) >= 11 is 0. The maximum absolute atomic E-state index is 2.40. The Labute approximate surface area is 197 Å². The smallest absolute Gasteiger partial charge is 0.00134 e. The summed E-state index contributed by atoms with van der Waals surface area (Å²) < 4.78 is 0. The Kier molecular flexibility index (Phi) is 3.48. The molecular weight excluding hydrogens is 408 g/mol. The van der Waals surface area contributed by atoms with Gasteiger partial charge in [-0.05, 0) is 87.9 Å². The van der Waals surface area contributed by atoms with Gasteiger partial charge in [-0.3, -0.25) is 0 Å². The van der Waals surface area contributed by atoms with Gasteiger partial charge in [0.2, 0.25) is 0 Å². The normalized spacial score (nSPS) is 12.1. The molecule has 0 aliphatic rings. The molecule has 8 aromatic carbocycles. The molecule has 0 aliphatic heterocycles. The van der Waals surface area contributed by atoms with Gasteiger partial charge in [-0.15, -0.1) is 0 Å². The van der Waals surface area contributed by atoms with Crippen LogP contribution in [-0.4, -0.2) is 0 Å². The molecule has 0 heteroatoms. The lowest BCUT2D eigenvalue weighted by atomic mass is 9.83. The van der Waals surface area contributed by atoms with Crippen LogP contribution in [0.3, 0.4) is 0 Å². The first-order valence-electron chi connectivity index (χ1n) is 11.9.